The summed E-state index contributed by atoms with van der Waals surface area (Å²) in [7, 11) is 0. The molecule has 7 nitrogen and oxygen atoms in total. The van der Waals surface area contributed by atoms with E-state index in [-0.39, 0.29) is 23.3 Å². The molecule has 3 aliphatic rings. The predicted octanol–water partition coefficient (Wildman–Crippen LogP) is 2.99. The van der Waals surface area contributed by atoms with Crippen molar-refractivity contribution < 1.29 is 14.4 Å². The van der Waals surface area contributed by atoms with Gasteiger partial charge in [0, 0.05) is 26.2 Å². The number of carbonyl (C=O) groups excluding carboxylic acids is 3. The molecule has 1 N–H and O–H groups in total. The predicted molar refractivity (Wildman–Crippen MR) is 116 cm³/mol. The van der Waals surface area contributed by atoms with E-state index in [9.17, 15) is 14.4 Å². The Morgan fingerprint density at radius 3 is 2.40 bits per heavy atom. The van der Waals surface area contributed by atoms with E-state index in [2.05, 4.69) is 31.0 Å². The number of urea groups is 1. The zero-order valence-corrected chi connectivity index (χ0v) is 19.0. The molecule has 1 aromatic heterocycles. The third kappa shape index (κ3) is 3.99. The second-order valence-electron chi connectivity index (χ2n) is 9.91. The number of piperazine rings is 1. The molecule has 1 spiro atoms. The van der Waals surface area contributed by atoms with Crippen molar-refractivity contribution in [3.8, 4) is 0 Å². The molecule has 3 fully saturated rings. The summed E-state index contributed by atoms with van der Waals surface area (Å²) in [5.74, 6) is 0.571. The summed E-state index contributed by atoms with van der Waals surface area (Å²) < 4.78 is 0. The molecule has 0 unspecified atom stereocenters. The highest BCUT2D eigenvalue weighted by Crippen LogP contribution is 2.43. The van der Waals surface area contributed by atoms with Gasteiger partial charge >= 0.3 is 6.03 Å². The van der Waals surface area contributed by atoms with Gasteiger partial charge in [0.05, 0.1) is 11.5 Å². The molecular weight excluding hydrogens is 400 g/mol. The van der Waals surface area contributed by atoms with Crippen LogP contribution in [0.25, 0.3) is 0 Å². The van der Waals surface area contributed by atoms with Crippen LogP contribution in [0.3, 0.4) is 0 Å². The number of rotatable bonds is 3. The minimum Gasteiger partial charge on any atom is -0.335 e. The molecule has 3 heterocycles. The van der Waals surface area contributed by atoms with Gasteiger partial charge in [-0.25, -0.2) is 9.69 Å². The van der Waals surface area contributed by atoms with E-state index in [1.54, 1.807) is 0 Å². The molecule has 2 saturated heterocycles. The lowest BCUT2D eigenvalue weighted by Crippen LogP contribution is -2.53. The summed E-state index contributed by atoms with van der Waals surface area (Å²) in [6.45, 7) is 9.59. The van der Waals surface area contributed by atoms with Crippen LogP contribution in [-0.4, -0.2) is 70.9 Å². The number of carbonyl (C=O) groups is 3. The molecule has 30 heavy (non-hydrogen) atoms. The van der Waals surface area contributed by atoms with Crippen LogP contribution in [0.1, 0.15) is 56.1 Å². The molecule has 0 radical (unpaired) electrons. The maximum Gasteiger partial charge on any atom is 0.326 e. The van der Waals surface area contributed by atoms with Crippen LogP contribution in [-0.2, 0) is 4.79 Å². The van der Waals surface area contributed by atoms with Crippen molar-refractivity contribution in [2.75, 3.05) is 32.8 Å². The van der Waals surface area contributed by atoms with E-state index in [1.807, 2.05) is 22.4 Å². The van der Waals surface area contributed by atoms with Gasteiger partial charge in [-0.2, -0.15) is 0 Å². The van der Waals surface area contributed by atoms with Crippen molar-refractivity contribution in [3.63, 3.8) is 0 Å². The Balaban J connectivity index is 1.32. The molecule has 0 aromatic carbocycles. The van der Waals surface area contributed by atoms with Gasteiger partial charge in [0.15, 0.2) is 0 Å². The largest absolute Gasteiger partial charge is 0.335 e. The van der Waals surface area contributed by atoms with Crippen LogP contribution in [0.15, 0.2) is 17.5 Å². The Morgan fingerprint density at radius 2 is 1.83 bits per heavy atom. The van der Waals surface area contributed by atoms with Crippen molar-refractivity contribution in [3.05, 3.63) is 22.4 Å². The number of amides is 4. The first kappa shape index (κ1) is 21.3. The molecule has 0 bridgehead atoms. The van der Waals surface area contributed by atoms with Gasteiger partial charge in [0.1, 0.15) is 5.54 Å². The summed E-state index contributed by atoms with van der Waals surface area (Å²) in [5.41, 5.74) is -0.483. The number of thiophene rings is 1. The number of hydrogen-bond acceptors (Lipinski definition) is 5. The topological polar surface area (TPSA) is 73.0 Å². The van der Waals surface area contributed by atoms with Gasteiger partial charge < -0.3 is 10.2 Å². The first-order valence-electron chi connectivity index (χ1n) is 10.9. The van der Waals surface area contributed by atoms with Gasteiger partial charge in [-0.05, 0) is 48.5 Å². The lowest BCUT2D eigenvalue weighted by atomic mass is 9.67. The fraction of sp³-hybridized carbons (Fsp3) is 0.682. The van der Waals surface area contributed by atoms with Gasteiger partial charge in [-0.15, -0.1) is 11.3 Å². The maximum atomic E-state index is 13.2. The molecule has 4 amide bonds. The zero-order valence-electron chi connectivity index (χ0n) is 18.1. The number of nitrogens with one attached hydrogen (secondary N) is 1. The summed E-state index contributed by atoms with van der Waals surface area (Å²) in [5, 5.41) is 4.93. The molecular formula is C22H32N4O3S. The molecule has 1 aliphatic carbocycles. The first-order valence-corrected chi connectivity index (χ1v) is 11.8. The van der Waals surface area contributed by atoms with Crippen LogP contribution in [0.4, 0.5) is 4.79 Å². The SMILES string of the molecule is CC(C)(C)C1CCC2(CC1)NC(=O)N(CN1CCN(C(=O)c3cccs3)CC1)C2=O. The molecule has 8 heteroatoms. The highest BCUT2D eigenvalue weighted by atomic mass is 32.1. The third-order valence-corrected chi connectivity index (χ3v) is 7.90. The van der Waals surface area contributed by atoms with E-state index < -0.39 is 5.54 Å². The van der Waals surface area contributed by atoms with Crippen LogP contribution in [0.2, 0.25) is 0 Å². The molecule has 1 saturated carbocycles. The van der Waals surface area contributed by atoms with E-state index >= 15 is 0 Å². The van der Waals surface area contributed by atoms with E-state index in [0.29, 0.717) is 38.8 Å². The quantitative estimate of drug-likeness (QED) is 0.746. The summed E-state index contributed by atoms with van der Waals surface area (Å²) in [6, 6.07) is 3.46. The van der Waals surface area contributed by atoms with Crippen molar-refractivity contribution >= 4 is 29.2 Å². The lowest BCUT2D eigenvalue weighted by molar-refractivity contribution is -0.134. The monoisotopic (exact) mass is 432 g/mol. The minimum atomic E-state index is -0.713. The standard InChI is InChI=1S/C22H32N4O3S/c1-21(2,3)16-6-8-22(9-7-16)19(28)26(20(29)23-22)15-24-10-12-25(13-11-24)18(27)17-5-4-14-30-17/h4-5,14,16H,6-13,15H2,1-3H3,(H,23,29). The Bertz CT molecular complexity index is 801. The zero-order chi connectivity index (χ0) is 21.5. The van der Waals surface area contributed by atoms with E-state index in [1.165, 1.54) is 16.2 Å². The highest BCUT2D eigenvalue weighted by Gasteiger charge is 2.53. The number of nitrogens with zero attached hydrogens (tertiary/aromatic N) is 3. The van der Waals surface area contributed by atoms with Crippen molar-refractivity contribution in [1.29, 1.82) is 0 Å². The van der Waals surface area contributed by atoms with Crippen LogP contribution >= 0.6 is 11.3 Å². The van der Waals surface area contributed by atoms with Crippen LogP contribution in [0, 0.1) is 11.3 Å². The smallest absolute Gasteiger partial charge is 0.326 e. The molecule has 0 atom stereocenters. The summed E-state index contributed by atoms with van der Waals surface area (Å²) in [6.07, 6.45) is 3.37. The summed E-state index contributed by atoms with van der Waals surface area (Å²) >= 11 is 1.46. The average Bonchev–Trinajstić information content (AvgIpc) is 3.32. The summed E-state index contributed by atoms with van der Waals surface area (Å²) in [4.78, 5) is 44.4. The van der Waals surface area contributed by atoms with Crippen molar-refractivity contribution in [2.45, 2.75) is 52.0 Å². The Hall–Kier alpha value is -1.93. The van der Waals surface area contributed by atoms with E-state index in [0.717, 1.165) is 30.6 Å². The van der Waals surface area contributed by atoms with Gasteiger partial charge in [0.25, 0.3) is 11.8 Å². The van der Waals surface area contributed by atoms with Gasteiger partial charge in [-0.3, -0.25) is 14.5 Å². The highest BCUT2D eigenvalue weighted by molar-refractivity contribution is 7.12. The Morgan fingerprint density at radius 1 is 1.17 bits per heavy atom. The lowest BCUT2D eigenvalue weighted by Gasteiger charge is -2.41. The Labute approximate surface area is 182 Å². The fourth-order valence-electron chi connectivity index (χ4n) is 4.97. The maximum absolute atomic E-state index is 13.2. The number of imide groups is 1. The van der Waals surface area contributed by atoms with Crippen LogP contribution in [0.5, 0.6) is 0 Å². The molecule has 1 aromatic rings. The van der Waals surface area contributed by atoms with E-state index in [4.69, 9.17) is 0 Å². The fourth-order valence-corrected chi connectivity index (χ4v) is 5.66. The molecule has 2 aliphatic heterocycles. The second-order valence-corrected chi connectivity index (χ2v) is 10.9. The second kappa shape index (κ2) is 7.96. The third-order valence-electron chi connectivity index (χ3n) is 7.04. The minimum absolute atomic E-state index is 0.0641. The van der Waals surface area contributed by atoms with Crippen molar-refractivity contribution in [1.82, 2.24) is 20.0 Å². The van der Waals surface area contributed by atoms with Crippen LogP contribution < -0.4 is 5.32 Å². The molecule has 4 rings (SSSR count). The number of hydrogen-bond donors (Lipinski definition) is 1. The van der Waals surface area contributed by atoms with Gasteiger partial charge in [-0.1, -0.05) is 26.8 Å². The normalized spacial score (nSPS) is 28.3. The Kier molecular flexibility index (Phi) is 5.66. The van der Waals surface area contributed by atoms with Crippen molar-refractivity contribution in [2.24, 2.45) is 11.3 Å². The average molecular weight is 433 g/mol. The molecule has 164 valence electrons. The van der Waals surface area contributed by atoms with Gasteiger partial charge in [0.2, 0.25) is 0 Å². The first-order chi connectivity index (χ1) is 14.2.